The summed E-state index contributed by atoms with van der Waals surface area (Å²) in [4.78, 5) is 0. The average molecular weight is 465 g/mol. The van der Waals surface area contributed by atoms with Crippen LogP contribution in [0, 0.1) is 0 Å². The van der Waals surface area contributed by atoms with E-state index >= 15 is 0 Å². The first-order valence-electron chi connectivity index (χ1n) is 11.5. The molecule has 1 aliphatic rings. The molecule has 0 aliphatic carbocycles. The first kappa shape index (κ1) is 24.5. The normalized spacial score (nSPS) is 24.7. The highest BCUT2D eigenvalue weighted by atomic mass is 16.7. The highest BCUT2D eigenvalue weighted by Crippen LogP contribution is 2.30. The molecule has 1 saturated heterocycles. The van der Waals surface area contributed by atoms with Crippen molar-refractivity contribution < 1.29 is 28.8 Å². The first-order valence-corrected chi connectivity index (χ1v) is 11.5. The molecule has 0 spiro atoms. The van der Waals surface area contributed by atoms with Gasteiger partial charge in [0.15, 0.2) is 6.29 Å². The van der Waals surface area contributed by atoms with E-state index in [4.69, 9.17) is 23.7 Å². The fraction of sp³-hybridized carbons (Fsp3) is 0.357. The highest BCUT2D eigenvalue weighted by Gasteiger charge is 2.48. The van der Waals surface area contributed by atoms with E-state index in [9.17, 15) is 5.11 Å². The van der Waals surface area contributed by atoms with Gasteiger partial charge in [0, 0.05) is 7.11 Å². The second-order valence-electron chi connectivity index (χ2n) is 8.24. The van der Waals surface area contributed by atoms with Crippen LogP contribution in [-0.2, 0) is 43.5 Å². The van der Waals surface area contributed by atoms with Crippen LogP contribution in [0.3, 0.4) is 0 Å². The lowest BCUT2D eigenvalue weighted by molar-refractivity contribution is -0.321. The second-order valence-corrected chi connectivity index (χ2v) is 8.24. The van der Waals surface area contributed by atoms with Crippen LogP contribution < -0.4 is 0 Å². The molecule has 5 atom stereocenters. The molecule has 1 fully saturated rings. The molecule has 0 radical (unpaired) electrons. The summed E-state index contributed by atoms with van der Waals surface area (Å²) >= 11 is 0. The molecule has 0 saturated carbocycles. The van der Waals surface area contributed by atoms with Crippen LogP contribution in [0.1, 0.15) is 16.7 Å². The third-order valence-electron chi connectivity index (χ3n) is 5.86. The minimum Gasteiger partial charge on any atom is -0.394 e. The summed E-state index contributed by atoms with van der Waals surface area (Å²) < 4.78 is 30.7. The van der Waals surface area contributed by atoms with Gasteiger partial charge in [-0.15, -0.1) is 0 Å². The van der Waals surface area contributed by atoms with Gasteiger partial charge >= 0.3 is 0 Å². The van der Waals surface area contributed by atoms with E-state index in [0.29, 0.717) is 19.8 Å². The van der Waals surface area contributed by atoms with E-state index < -0.39 is 30.7 Å². The zero-order chi connectivity index (χ0) is 23.6. The minimum atomic E-state index is -0.710. The maximum atomic E-state index is 10.1. The summed E-state index contributed by atoms with van der Waals surface area (Å²) in [5.41, 5.74) is 3.09. The monoisotopic (exact) mass is 464 g/mol. The van der Waals surface area contributed by atoms with E-state index in [1.165, 1.54) is 0 Å². The van der Waals surface area contributed by atoms with Crippen LogP contribution in [0.2, 0.25) is 0 Å². The summed E-state index contributed by atoms with van der Waals surface area (Å²) in [7, 11) is 1.57. The van der Waals surface area contributed by atoms with E-state index in [1.54, 1.807) is 7.11 Å². The van der Waals surface area contributed by atoms with Gasteiger partial charge in [-0.1, -0.05) is 91.0 Å². The van der Waals surface area contributed by atoms with Gasteiger partial charge in [-0.05, 0) is 16.7 Å². The molecule has 0 aromatic heterocycles. The maximum Gasteiger partial charge on any atom is 0.186 e. The van der Waals surface area contributed by atoms with Crippen LogP contribution in [0.15, 0.2) is 91.0 Å². The van der Waals surface area contributed by atoms with Crippen LogP contribution in [0.4, 0.5) is 0 Å². The summed E-state index contributed by atoms with van der Waals surface area (Å²) in [5.74, 6) is 0. The number of aliphatic hydroxyl groups excluding tert-OH is 1. The maximum absolute atomic E-state index is 10.1. The van der Waals surface area contributed by atoms with Crippen LogP contribution in [-0.4, -0.2) is 49.5 Å². The molecule has 3 aromatic rings. The van der Waals surface area contributed by atoms with E-state index in [-0.39, 0.29) is 6.61 Å². The van der Waals surface area contributed by atoms with E-state index in [2.05, 4.69) is 0 Å². The molecular formula is C28H32O6. The smallest absolute Gasteiger partial charge is 0.186 e. The quantitative estimate of drug-likeness (QED) is 0.461. The second kappa shape index (κ2) is 12.8. The molecule has 6 heteroatoms. The van der Waals surface area contributed by atoms with Crippen molar-refractivity contribution in [1.29, 1.82) is 0 Å². The minimum absolute atomic E-state index is 0.226. The number of hydrogen-bond donors (Lipinski definition) is 1. The Balaban J connectivity index is 1.56. The van der Waals surface area contributed by atoms with Gasteiger partial charge in [-0.3, -0.25) is 0 Å². The lowest BCUT2D eigenvalue weighted by Gasteiger charge is -2.45. The standard InChI is InChI=1S/C28H32O6/c1-30-28-27(33-20-23-15-9-4-10-16-23)26(32-19-22-13-7-3-8-14-22)25(24(17-29)34-28)31-18-21-11-5-2-6-12-21/h2-16,24-29H,17-20H2,1H3/t24-,25+,26+,27-,28+/m1/s1. The number of ether oxygens (including phenoxy) is 5. The van der Waals surface area contributed by atoms with Gasteiger partial charge in [0.2, 0.25) is 0 Å². The Morgan fingerprint density at radius 3 is 1.44 bits per heavy atom. The molecule has 1 aliphatic heterocycles. The molecule has 6 nitrogen and oxygen atoms in total. The van der Waals surface area contributed by atoms with Gasteiger partial charge in [0.05, 0.1) is 26.4 Å². The Hall–Kier alpha value is -2.58. The topological polar surface area (TPSA) is 66.4 Å². The van der Waals surface area contributed by atoms with Gasteiger partial charge in [0.25, 0.3) is 0 Å². The fourth-order valence-corrected chi connectivity index (χ4v) is 4.08. The van der Waals surface area contributed by atoms with E-state index in [1.807, 2.05) is 91.0 Å². The van der Waals surface area contributed by atoms with Gasteiger partial charge in [0.1, 0.15) is 24.4 Å². The van der Waals surface area contributed by atoms with Crippen molar-refractivity contribution in [2.45, 2.75) is 50.5 Å². The van der Waals surface area contributed by atoms with Crippen molar-refractivity contribution >= 4 is 0 Å². The zero-order valence-electron chi connectivity index (χ0n) is 19.4. The van der Waals surface area contributed by atoms with Crippen LogP contribution >= 0.6 is 0 Å². The fourth-order valence-electron chi connectivity index (χ4n) is 4.08. The molecule has 0 amide bonds. The van der Waals surface area contributed by atoms with Crippen molar-refractivity contribution in [3.63, 3.8) is 0 Å². The summed E-state index contributed by atoms with van der Waals surface area (Å²) in [6.07, 6.45) is -2.97. The van der Waals surface area contributed by atoms with Crippen molar-refractivity contribution in [1.82, 2.24) is 0 Å². The molecule has 0 bridgehead atoms. The Morgan fingerprint density at radius 1 is 0.618 bits per heavy atom. The SMILES string of the molecule is CO[C@H]1O[C@H](CO)[C@H](OCc2ccccc2)[C@H](OCc2ccccc2)[C@H]1OCc1ccccc1. The molecule has 4 rings (SSSR count). The number of benzene rings is 3. The highest BCUT2D eigenvalue weighted by molar-refractivity contribution is 5.15. The Bertz CT molecular complexity index is 895. The predicted octanol–water partition coefficient (Wildman–Crippen LogP) is 4.11. The summed E-state index contributed by atoms with van der Waals surface area (Å²) in [6, 6.07) is 29.8. The summed E-state index contributed by atoms with van der Waals surface area (Å²) in [6.45, 7) is 0.876. The van der Waals surface area contributed by atoms with Gasteiger partial charge < -0.3 is 28.8 Å². The third kappa shape index (κ3) is 6.51. The van der Waals surface area contributed by atoms with Crippen molar-refractivity contribution in [3.05, 3.63) is 108 Å². The largest absolute Gasteiger partial charge is 0.394 e. The van der Waals surface area contributed by atoms with Crippen molar-refractivity contribution in [3.8, 4) is 0 Å². The lowest BCUT2D eigenvalue weighted by Crippen LogP contribution is -2.61. The average Bonchev–Trinajstić information content (AvgIpc) is 2.91. The van der Waals surface area contributed by atoms with Crippen molar-refractivity contribution in [2.24, 2.45) is 0 Å². The molecule has 0 unspecified atom stereocenters. The number of rotatable bonds is 11. The van der Waals surface area contributed by atoms with E-state index in [0.717, 1.165) is 16.7 Å². The molecule has 1 N–H and O–H groups in total. The zero-order valence-corrected chi connectivity index (χ0v) is 19.4. The Labute approximate surface area is 201 Å². The van der Waals surface area contributed by atoms with Gasteiger partial charge in [-0.2, -0.15) is 0 Å². The summed E-state index contributed by atoms with van der Waals surface area (Å²) in [5, 5.41) is 10.1. The molecule has 3 aromatic carbocycles. The van der Waals surface area contributed by atoms with Crippen LogP contribution in [0.5, 0.6) is 0 Å². The molecular weight excluding hydrogens is 432 g/mol. The van der Waals surface area contributed by atoms with Crippen LogP contribution in [0.25, 0.3) is 0 Å². The predicted molar refractivity (Wildman–Crippen MR) is 128 cm³/mol. The molecule has 180 valence electrons. The Kier molecular flexibility index (Phi) is 9.21. The third-order valence-corrected chi connectivity index (χ3v) is 5.86. The number of hydrogen-bond acceptors (Lipinski definition) is 6. The first-order chi connectivity index (χ1) is 16.8. The molecule has 1 heterocycles. The Morgan fingerprint density at radius 2 is 1.03 bits per heavy atom. The molecule has 34 heavy (non-hydrogen) atoms. The number of aliphatic hydroxyl groups is 1. The lowest BCUT2D eigenvalue weighted by atomic mass is 9.98. The van der Waals surface area contributed by atoms with Gasteiger partial charge in [-0.25, -0.2) is 0 Å². The number of methoxy groups -OCH3 is 1. The van der Waals surface area contributed by atoms with Crippen molar-refractivity contribution in [2.75, 3.05) is 13.7 Å².